The smallest absolute Gasteiger partial charge is 0.223 e. The van der Waals surface area contributed by atoms with E-state index < -0.39 is 0 Å². The van der Waals surface area contributed by atoms with Gasteiger partial charge in [-0.1, -0.05) is 19.3 Å². The normalized spacial score (nSPS) is 21.4. The molecule has 5 nitrogen and oxygen atoms in total. The molecule has 0 unspecified atom stereocenters. The summed E-state index contributed by atoms with van der Waals surface area (Å²) >= 11 is 1.61. The summed E-state index contributed by atoms with van der Waals surface area (Å²) in [6.45, 7) is 3.17. The summed E-state index contributed by atoms with van der Waals surface area (Å²) in [5.41, 5.74) is 0. The first-order chi connectivity index (χ1) is 11.8. The zero-order valence-electron chi connectivity index (χ0n) is 14.2. The van der Waals surface area contributed by atoms with Crippen LogP contribution in [-0.2, 0) is 11.2 Å². The summed E-state index contributed by atoms with van der Waals surface area (Å²) in [6.07, 6.45) is 9.27. The fraction of sp³-hybridized carbons (Fsp3) is 0.722. The van der Waals surface area contributed by atoms with Gasteiger partial charge in [0.15, 0.2) is 0 Å². The average molecular weight is 347 g/mol. The maximum atomic E-state index is 12.4. The van der Waals surface area contributed by atoms with Crippen molar-refractivity contribution in [2.75, 3.05) is 26.2 Å². The van der Waals surface area contributed by atoms with E-state index in [-0.39, 0.29) is 11.9 Å². The van der Waals surface area contributed by atoms with Gasteiger partial charge in [-0.3, -0.25) is 9.69 Å². The van der Waals surface area contributed by atoms with Crippen molar-refractivity contribution in [2.24, 2.45) is 5.92 Å². The third kappa shape index (κ3) is 4.34. The lowest BCUT2D eigenvalue weighted by atomic mass is 9.83. The van der Waals surface area contributed by atoms with Crippen LogP contribution in [-0.4, -0.2) is 52.9 Å². The van der Waals surface area contributed by atoms with E-state index in [9.17, 15) is 10.1 Å². The first-order valence-electron chi connectivity index (χ1n) is 9.08. The number of piperazine rings is 1. The summed E-state index contributed by atoms with van der Waals surface area (Å²) in [5.74, 6) is 0.743. The Bertz CT molecular complexity index is 554. The Morgan fingerprint density at radius 2 is 2.04 bits per heavy atom. The minimum absolute atomic E-state index is 0.0397. The molecule has 1 aliphatic heterocycles. The highest BCUT2D eigenvalue weighted by atomic mass is 32.1. The van der Waals surface area contributed by atoms with Crippen molar-refractivity contribution in [3.8, 4) is 6.07 Å². The Balaban J connectivity index is 1.45. The van der Waals surface area contributed by atoms with Crippen LogP contribution in [0.25, 0.3) is 0 Å². The first kappa shape index (κ1) is 17.4. The number of nitriles is 1. The molecular formula is C18H26N4OS. The second kappa shape index (κ2) is 8.59. The van der Waals surface area contributed by atoms with Gasteiger partial charge in [-0.05, 0) is 18.8 Å². The molecule has 0 N–H and O–H groups in total. The molecular weight excluding hydrogens is 320 g/mol. The lowest BCUT2D eigenvalue weighted by Gasteiger charge is -2.40. The Morgan fingerprint density at radius 1 is 1.29 bits per heavy atom. The highest BCUT2D eigenvalue weighted by molar-refractivity contribution is 7.09. The van der Waals surface area contributed by atoms with Crippen molar-refractivity contribution in [3.05, 3.63) is 16.6 Å². The van der Waals surface area contributed by atoms with Crippen LogP contribution in [0, 0.1) is 17.2 Å². The molecule has 24 heavy (non-hydrogen) atoms. The number of aromatic nitrogens is 1. The molecule has 1 aromatic rings. The van der Waals surface area contributed by atoms with Gasteiger partial charge in [0.2, 0.25) is 5.91 Å². The zero-order valence-corrected chi connectivity index (χ0v) is 15.0. The average Bonchev–Trinajstić information content (AvgIpc) is 3.15. The van der Waals surface area contributed by atoms with E-state index in [0.29, 0.717) is 12.3 Å². The van der Waals surface area contributed by atoms with Gasteiger partial charge in [0, 0.05) is 50.6 Å². The summed E-state index contributed by atoms with van der Waals surface area (Å²) in [5, 5.41) is 12.6. The van der Waals surface area contributed by atoms with Crippen molar-refractivity contribution in [1.29, 1.82) is 5.26 Å². The Morgan fingerprint density at radius 3 is 2.67 bits per heavy atom. The van der Waals surface area contributed by atoms with Crippen molar-refractivity contribution in [3.63, 3.8) is 0 Å². The zero-order chi connectivity index (χ0) is 16.8. The summed E-state index contributed by atoms with van der Waals surface area (Å²) in [4.78, 5) is 20.9. The number of nitrogens with zero attached hydrogens (tertiary/aromatic N) is 4. The van der Waals surface area contributed by atoms with Crippen LogP contribution in [0.4, 0.5) is 0 Å². The van der Waals surface area contributed by atoms with Crippen LogP contribution in [0.15, 0.2) is 11.6 Å². The standard InChI is InChI=1S/C18H26N4OS/c19-14-16(15-4-2-1-3-5-15)21-9-11-22(12-10-21)18(23)7-6-17-20-8-13-24-17/h8,13,15-16H,1-7,9-12H2/t16-/m1/s1. The molecule has 1 saturated carbocycles. The molecule has 0 aromatic carbocycles. The predicted molar refractivity (Wildman–Crippen MR) is 94.6 cm³/mol. The molecule has 3 rings (SSSR count). The predicted octanol–water partition coefficient (Wildman–Crippen LogP) is 2.69. The Kier molecular flexibility index (Phi) is 6.22. The molecule has 2 aliphatic rings. The SMILES string of the molecule is N#C[C@H](C1CCCCC1)N1CCN(C(=O)CCc2nccs2)CC1. The van der Waals surface area contributed by atoms with Crippen molar-refractivity contribution in [2.45, 2.75) is 51.0 Å². The molecule has 1 atom stereocenters. The summed E-state index contributed by atoms with van der Waals surface area (Å²) in [7, 11) is 0. The van der Waals surface area contributed by atoms with Crippen LogP contribution in [0.3, 0.4) is 0 Å². The van der Waals surface area contributed by atoms with E-state index in [4.69, 9.17) is 0 Å². The second-order valence-electron chi connectivity index (χ2n) is 6.81. The minimum atomic E-state index is 0.0397. The van der Waals surface area contributed by atoms with Crippen molar-refractivity contribution >= 4 is 17.2 Å². The van der Waals surface area contributed by atoms with E-state index in [0.717, 1.165) is 37.6 Å². The fourth-order valence-corrected chi connectivity index (χ4v) is 4.55. The maximum Gasteiger partial charge on any atom is 0.223 e. The fourth-order valence-electron chi connectivity index (χ4n) is 3.93. The molecule has 0 radical (unpaired) electrons. The lowest BCUT2D eigenvalue weighted by molar-refractivity contribution is -0.133. The number of thiazole rings is 1. The third-order valence-corrected chi connectivity index (χ3v) is 6.16. The molecule has 1 amide bonds. The summed E-state index contributed by atoms with van der Waals surface area (Å²) in [6, 6.07) is 2.58. The van der Waals surface area contributed by atoms with Gasteiger partial charge in [0.25, 0.3) is 0 Å². The monoisotopic (exact) mass is 346 g/mol. The number of rotatable bonds is 5. The number of hydrogen-bond donors (Lipinski definition) is 0. The summed E-state index contributed by atoms with van der Waals surface area (Å²) < 4.78 is 0. The molecule has 2 heterocycles. The van der Waals surface area contributed by atoms with Crippen LogP contribution in [0.2, 0.25) is 0 Å². The molecule has 1 saturated heterocycles. The van der Waals surface area contributed by atoms with Gasteiger partial charge in [-0.25, -0.2) is 4.98 Å². The topological polar surface area (TPSA) is 60.2 Å². The van der Waals surface area contributed by atoms with E-state index in [2.05, 4.69) is 16.0 Å². The van der Waals surface area contributed by atoms with E-state index in [1.54, 1.807) is 17.5 Å². The van der Waals surface area contributed by atoms with Gasteiger partial charge in [-0.15, -0.1) is 11.3 Å². The van der Waals surface area contributed by atoms with Crippen molar-refractivity contribution in [1.82, 2.24) is 14.8 Å². The Labute approximate surface area is 148 Å². The van der Waals surface area contributed by atoms with Gasteiger partial charge in [0.05, 0.1) is 11.1 Å². The quantitative estimate of drug-likeness (QED) is 0.822. The van der Waals surface area contributed by atoms with Gasteiger partial charge in [-0.2, -0.15) is 5.26 Å². The molecule has 1 aromatic heterocycles. The molecule has 130 valence electrons. The van der Waals surface area contributed by atoms with Gasteiger partial charge < -0.3 is 4.90 Å². The third-order valence-electron chi connectivity index (χ3n) is 5.33. The molecule has 1 aliphatic carbocycles. The van der Waals surface area contributed by atoms with Crippen LogP contribution in [0.1, 0.15) is 43.5 Å². The van der Waals surface area contributed by atoms with E-state index >= 15 is 0 Å². The lowest BCUT2D eigenvalue weighted by Crippen LogP contribution is -2.53. The second-order valence-corrected chi connectivity index (χ2v) is 7.79. The number of amides is 1. The first-order valence-corrected chi connectivity index (χ1v) is 9.95. The van der Waals surface area contributed by atoms with Gasteiger partial charge >= 0.3 is 0 Å². The van der Waals surface area contributed by atoms with E-state index in [1.165, 1.54) is 32.1 Å². The number of carbonyl (C=O) groups is 1. The number of aryl methyl sites for hydroxylation is 1. The molecule has 2 fully saturated rings. The minimum Gasteiger partial charge on any atom is -0.340 e. The van der Waals surface area contributed by atoms with Crippen LogP contribution >= 0.6 is 11.3 Å². The highest BCUT2D eigenvalue weighted by Crippen LogP contribution is 2.29. The van der Waals surface area contributed by atoms with Gasteiger partial charge in [0.1, 0.15) is 6.04 Å². The van der Waals surface area contributed by atoms with E-state index in [1.807, 2.05) is 10.3 Å². The number of hydrogen-bond acceptors (Lipinski definition) is 5. The maximum absolute atomic E-state index is 12.4. The van der Waals surface area contributed by atoms with Crippen molar-refractivity contribution < 1.29 is 4.79 Å². The van der Waals surface area contributed by atoms with Crippen LogP contribution < -0.4 is 0 Å². The molecule has 0 bridgehead atoms. The molecule has 6 heteroatoms. The largest absolute Gasteiger partial charge is 0.340 e. The molecule has 0 spiro atoms. The number of carbonyl (C=O) groups excluding carboxylic acids is 1. The highest BCUT2D eigenvalue weighted by Gasteiger charge is 2.31. The Hall–Kier alpha value is -1.45. The van der Waals surface area contributed by atoms with Crippen LogP contribution in [0.5, 0.6) is 0 Å².